The van der Waals surface area contributed by atoms with E-state index < -0.39 is 0 Å². The molecule has 0 bridgehead atoms. The number of hydrogen-bond acceptors (Lipinski definition) is 1. The molecular weight excluding hydrogens is 234 g/mol. The zero-order valence-corrected chi connectivity index (χ0v) is 10.9. The Morgan fingerprint density at radius 3 is 2.11 bits per heavy atom. The van der Waals surface area contributed by atoms with E-state index in [4.69, 9.17) is 0 Å². The SMILES string of the molecule is O=C(CCc1ccccc1)N1Cc2ccccc2C1. The lowest BCUT2D eigenvalue weighted by Gasteiger charge is -2.15. The number of amides is 1. The molecule has 1 aliphatic rings. The predicted molar refractivity (Wildman–Crippen MR) is 75.5 cm³/mol. The van der Waals surface area contributed by atoms with Crippen molar-refractivity contribution in [3.63, 3.8) is 0 Å². The highest BCUT2D eigenvalue weighted by Crippen LogP contribution is 2.23. The van der Waals surface area contributed by atoms with Gasteiger partial charge >= 0.3 is 0 Å². The maximum Gasteiger partial charge on any atom is 0.223 e. The third kappa shape index (κ3) is 2.68. The molecule has 0 unspecified atom stereocenters. The van der Waals surface area contributed by atoms with Crippen LogP contribution in [-0.2, 0) is 24.3 Å². The van der Waals surface area contributed by atoms with Crippen LogP contribution in [0.1, 0.15) is 23.1 Å². The lowest BCUT2D eigenvalue weighted by Crippen LogP contribution is -2.25. The number of aryl methyl sites for hydroxylation is 1. The van der Waals surface area contributed by atoms with E-state index in [0.29, 0.717) is 6.42 Å². The molecule has 0 saturated carbocycles. The van der Waals surface area contributed by atoms with Crippen molar-refractivity contribution in [3.05, 3.63) is 71.3 Å². The quantitative estimate of drug-likeness (QED) is 0.820. The molecule has 96 valence electrons. The highest BCUT2D eigenvalue weighted by molar-refractivity contribution is 5.77. The van der Waals surface area contributed by atoms with E-state index >= 15 is 0 Å². The smallest absolute Gasteiger partial charge is 0.223 e. The van der Waals surface area contributed by atoms with Crippen molar-refractivity contribution in [2.24, 2.45) is 0 Å². The van der Waals surface area contributed by atoms with E-state index in [0.717, 1.165) is 19.5 Å². The van der Waals surface area contributed by atoms with Gasteiger partial charge in [0.15, 0.2) is 0 Å². The van der Waals surface area contributed by atoms with Gasteiger partial charge in [0.05, 0.1) is 0 Å². The Bertz CT molecular complexity index is 552. The van der Waals surface area contributed by atoms with Gasteiger partial charge in [-0.1, -0.05) is 54.6 Å². The van der Waals surface area contributed by atoms with E-state index in [-0.39, 0.29) is 5.91 Å². The predicted octanol–water partition coefficient (Wildman–Crippen LogP) is 3.16. The van der Waals surface area contributed by atoms with Gasteiger partial charge in [0.1, 0.15) is 0 Å². The van der Waals surface area contributed by atoms with Gasteiger partial charge in [0.25, 0.3) is 0 Å². The van der Waals surface area contributed by atoms with Gasteiger partial charge in [-0.25, -0.2) is 0 Å². The molecule has 3 rings (SSSR count). The number of carbonyl (C=O) groups is 1. The van der Waals surface area contributed by atoms with Crippen molar-refractivity contribution < 1.29 is 4.79 Å². The van der Waals surface area contributed by atoms with Crippen molar-refractivity contribution in [3.8, 4) is 0 Å². The summed E-state index contributed by atoms with van der Waals surface area (Å²) in [6, 6.07) is 18.5. The molecule has 0 N–H and O–H groups in total. The third-order valence-corrected chi connectivity index (χ3v) is 3.66. The summed E-state index contributed by atoms with van der Waals surface area (Å²) in [6.07, 6.45) is 1.42. The Labute approximate surface area is 113 Å². The van der Waals surface area contributed by atoms with Crippen molar-refractivity contribution in [2.75, 3.05) is 0 Å². The largest absolute Gasteiger partial charge is 0.334 e. The fourth-order valence-corrected chi connectivity index (χ4v) is 2.56. The second-order valence-corrected chi connectivity index (χ2v) is 5.00. The molecule has 2 aromatic carbocycles. The van der Waals surface area contributed by atoms with Crippen LogP contribution in [0.3, 0.4) is 0 Å². The topological polar surface area (TPSA) is 20.3 Å². The second kappa shape index (κ2) is 5.27. The molecule has 1 heterocycles. The Morgan fingerprint density at radius 2 is 1.47 bits per heavy atom. The van der Waals surface area contributed by atoms with Crippen LogP contribution in [0.25, 0.3) is 0 Å². The molecule has 1 aliphatic heterocycles. The van der Waals surface area contributed by atoms with E-state index in [1.165, 1.54) is 16.7 Å². The number of nitrogens with zero attached hydrogens (tertiary/aromatic N) is 1. The van der Waals surface area contributed by atoms with Crippen LogP contribution in [0.4, 0.5) is 0 Å². The highest BCUT2D eigenvalue weighted by atomic mass is 16.2. The maximum absolute atomic E-state index is 12.2. The highest BCUT2D eigenvalue weighted by Gasteiger charge is 2.22. The first-order valence-corrected chi connectivity index (χ1v) is 6.71. The molecule has 0 saturated heterocycles. The van der Waals surface area contributed by atoms with Crippen LogP contribution in [0.5, 0.6) is 0 Å². The maximum atomic E-state index is 12.2. The van der Waals surface area contributed by atoms with E-state index in [1.807, 2.05) is 35.2 Å². The summed E-state index contributed by atoms with van der Waals surface area (Å²) in [7, 11) is 0. The molecule has 2 aromatic rings. The zero-order valence-electron chi connectivity index (χ0n) is 10.9. The minimum absolute atomic E-state index is 0.250. The van der Waals surface area contributed by atoms with Crippen molar-refractivity contribution in [1.82, 2.24) is 4.90 Å². The minimum Gasteiger partial charge on any atom is -0.334 e. The fourth-order valence-electron chi connectivity index (χ4n) is 2.56. The van der Waals surface area contributed by atoms with Crippen LogP contribution in [0, 0.1) is 0 Å². The van der Waals surface area contributed by atoms with Gasteiger partial charge in [-0.3, -0.25) is 4.79 Å². The second-order valence-electron chi connectivity index (χ2n) is 5.00. The van der Waals surface area contributed by atoms with Crippen molar-refractivity contribution >= 4 is 5.91 Å². The first-order valence-electron chi connectivity index (χ1n) is 6.71. The van der Waals surface area contributed by atoms with Crippen molar-refractivity contribution in [2.45, 2.75) is 25.9 Å². The molecule has 19 heavy (non-hydrogen) atoms. The average molecular weight is 251 g/mol. The number of carbonyl (C=O) groups excluding carboxylic acids is 1. The first kappa shape index (κ1) is 12.0. The summed E-state index contributed by atoms with van der Waals surface area (Å²) >= 11 is 0. The number of rotatable bonds is 3. The summed E-state index contributed by atoms with van der Waals surface area (Å²) in [6.45, 7) is 1.54. The van der Waals surface area contributed by atoms with E-state index in [9.17, 15) is 4.79 Å². The molecule has 0 spiro atoms. The number of benzene rings is 2. The summed E-state index contributed by atoms with van der Waals surface area (Å²) in [5, 5.41) is 0. The van der Waals surface area contributed by atoms with Gasteiger partial charge in [0.2, 0.25) is 5.91 Å². The van der Waals surface area contributed by atoms with Crippen LogP contribution in [0.15, 0.2) is 54.6 Å². The standard InChI is InChI=1S/C17H17NO/c19-17(11-10-14-6-2-1-3-7-14)18-12-15-8-4-5-9-16(15)13-18/h1-9H,10-13H2. The zero-order chi connectivity index (χ0) is 13.1. The van der Waals surface area contributed by atoms with Crippen LogP contribution < -0.4 is 0 Å². The molecule has 0 atom stereocenters. The fraction of sp³-hybridized carbons (Fsp3) is 0.235. The molecule has 2 nitrogen and oxygen atoms in total. The normalized spacial score (nSPS) is 13.4. The van der Waals surface area contributed by atoms with Crippen LogP contribution >= 0.6 is 0 Å². The van der Waals surface area contributed by atoms with Gasteiger partial charge in [-0.2, -0.15) is 0 Å². The van der Waals surface area contributed by atoms with E-state index in [2.05, 4.69) is 24.3 Å². The van der Waals surface area contributed by atoms with Crippen LogP contribution in [0.2, 0.25) is 0 Å². The molecule has 0 radical (unpaired) electrons. The Morgan fingerprint density at radius 1 is 0.895 bits per heavy atom. The van der Waals surface area contributed by atoms with Gasteiger partial charge in [-0.05, 0) is 23.1 Å². The summed E-state index contributed by atoms with van der Waals surface area (Å²) in [5.41, 5.74) is 3.80. The lowest BCUT2D eigenvalue weighted by molar-refractivity contribution is -0.131. The van der Waals surface area contributed by atoms with Crippen LogP contribution in [-0.4, -0.2) is 10.8 Å². The molecule has 0 aliphatic carbocycles. The molecule has 2 heteroatoms. The minimum atomic E-state index is 0.250. The summed E-state index contributed by atoms with van der Waals surface area (Å²) in [4.78, 5) is 14.2. The molecule has 1 amide bonds. The molecular formula is C17H17NO. The van der Waals surface area contributed by atoms with Gasteiger partial charge in [-0.15, -0.1) is 0 Å². The number of hydrogen-bond donors (Lipinski definition) is 0. The monoisotopic (exact) mass is 251 g/mol. The van der Waals surface area contributed by atoms with Crippen molar-refractivity contribution in [1.29, 1.82) is 0 Å². The Hall–Kier alpha value is -2.09. The molecule has 0 fully saturated rings. The Kier molecular flexibility index (Phi) is 3.32. The average Bonchev–Trinajstić information content (AvgIpc) is 2.90. The summed E-state index contributed by atoms with van der Waals surface area (Å²) < 4.78 is 0. The van der Waals surface area contributed by atoms with Gasteiger partial charge in [0, 0.05) is 19.5 Å². The van der Waals surface area contributed by atoms with Gasteiger partial charge < -0.3 is 4.90 Å². The lowest BCUT2D eigenvalue weighted by atomic mass is 10.1. The number of fused-ring (bicyclic) bond motifs is 1. The third-order valence-electron chi connectivity index (χ3n) is 3.66. The van der Waals surface area contributed by atoms with E-state index in [1.54, 1.807) is 0 Å². The summed E-state index contributed by atoms with van der Waals surface area (Å²) in [5.74, 6) is 0.250. The first-order chi connectivity index (χ1) is 9.33. The molecule has 0 aromatic heterocycles. The Balaban J connectivity index is 1.58.